The fraction of sp³-hybridized carbons (Fsp3) is 0.875. The highest BCUT2D eigenvalue weighted by atomic mass is 16.5. The van der Waals surface area contributed by atoms with Crippen LogP contribution in [-0.4, -0.2) is 51.2 Å². The second-order valence-electron chi connectivity index (χ2n) is 3.20. The van der Waals surface area contributed by atoms with Gasteiger partial charge in [0.25, 0.3) is 0 Å². The molecule has 0 aliphatic carbocycles. The van der Waals surface area contributed by atoms with E-state index in [1.165, 1.54) is 0 Å². The van der Waals surface area contributed by atoms with Crippen LogP contribution in [0, 0.1) is 5.92 Å². The first-order valence-electron chi connectivity index (χ1n) is 4.19. The zero-order valence-corrected chi connectivity index (χ0v) is 7.67. The van der Waals surface area contributed by atoms with Crippen molar-refractivity contribution in [2.75, 3.05) is 40.4 Å². The minimum atomic E-state index is 0.158. The molecule has 1 fully saturated rings. The fourth-order valence-corrected chi connectivity index (χ4v) is 1.29. The topological polar surface area (TPSA) is 41.6 Å². The third-order valence-corrected chi connectivity index (χ3v) is 2.04. The standard InChI is InChI=1S/C8H16N2O2/c1-10-5-7(6-10)8(11)9-3-4-12-2/h7H,3-6H2,1-2H3,(H,9,11). The van der Waals surface area contributed by atoms with Gasteiger partial charge in [-0.05, 0) is 7.05 Å². The highest BCUT2D eigenvalue weighted by molar-refractivity contribution is 5.79. The van der Waals surface area contributed by atoms with E-state index in [9.17, 15) is 4.79 Å². The van der Waals surface area contributed by atoms with Crippen LogP contribution in [-0.2, 0) is 9.53 Å². The predicted molar refractivity (Wildman–Crippen MR) is 45.9 cm³/mol. The van der Waals surface area contributed by atoms with E-state index in [0.29, 0.717) is 13.2 Å². The lowest BCUT2D eigenvalue weighted by atomic mass is 10.0. The summed E-state index contributed by atoms with van der Waals surface area (Å²) in [5.74, 6) is 0.358. The molecular formula is C8H16N2O2. The lowest BCUT2D eigenvalue weighted by molar-refractivity contribution is -0.129. The molecule has 1 amide bonds. The second-order valence-corrected chi connectivity index (χ2v) is 3.20. The van der Waals surface area contributed by atoms with Crippen molar-refractivity contribution in [3.8, 4) is 0 Å². The van der Waals surface area contributed by atoms with Crippen molar-refractivity contribution in [3.63, 3.8) is 0 Å². The van der Waals surface area contributed by atoms with Gasteiger partial charge >= 0.3 is 0 Å². The summed E-state index contributed by atoms with van der Waals surface area (Å²) in [7, 11) is 3.64. The van der Waals surface area contributed by atoms with Gasteiger partial charge in [0.15, 0.2) is 0 Å². The number of likely N-dealkylation sites (tertiary alicyclic amines) is 1. The van der Waals surface area contributed by atoms with E-state index in [4.69, 9.17) is 4.74 Å². The molecule has 0 unspecified atom stereocenters. The van der Waals surface area contributed by atoms with E-state index in [1.807, 2.05) is 7.05 Å². The van der Waals surface area contributed by atoms with Crippen molar-refractivity contribution < 1.29 is 9.53 Å². The van der Waals surface area contributed by atoms with Crippen LogP contribution >= 0.6 is 0 Å². The van der Waals surface area contributed by atoms with Crippen LogP contribution in [0.4, 0.5) is 0 Å². The Morgan fingerprint density at radius 2 is 2.33 bits per heavy atom. The van der Waals surface area contributed by atoms with Gasteiger partial charge in [-0.15, -0.1) is 0 Å². The number of nitrogens with one attached hydrogen (secondary N) is 1. The summed E-state index contributed by atoms with van der Waals surface area (Å²) < 4.78 is 4.82. The molecule has 12 heavy (non-hydrogen) atoms. The number of carbonyl (C=O) groups excluding carboxylic acids is 1. The average Bonchev–Trinajstić information content (AvgIpc) is 1.99. The quantitative estimate of drug-likeness (QED) is 0.571. The highest BCUT2D eigenvalue weighted by Gasteiger charge is 2.29. The van der Waals surface area contributed by atoms with Crippen LogP contribution in [0.3, 0.4) is 0 Å². The molecule has 0 aromatic carbocycles. The zero-order valence-electron chi connectivity index (χ0n) is 7.67. The molecule has 4 nitrogen and oxygen atoms in total. The predicted octanol–water partition coefficient (Wildman–Crippen LogP) is -0.689. The Balaban J connectivity index is 2.04. The minimum absolute atomic E-state index is 0.158. The number of hydrogen-bond donors (Lipinski definition) is 1. The SMILES string of the molecule is COCCNC(=O)C1CN(C)C1. The van der Waals surface area contributed by atoms with Crippen molar-refractivity contribution >= 4 is 5.91 Å². The van der Waals surface area contributed by atoms with Crippen LogP contribution in [0.2, 0.25) is 0 Å². The lowest BCUT2D eigenvalue weighted by Gasteiger charge is -2.34. The summed E-state index contributed by atoms with van der Waals surface area (Å²) in [6.45, 7) is 2.99. The first kappa shape index (κ1) is 9.48. The van der Waals surface area contributed by atoms with Crippen LogP contribution in [0.1, 0.15) is 0 Å². The number of nitrogens with zero attached hydrogens (tertiary/aromatic N) is 1. The van der Waals surface area contributed by atoms with Crippen molar-refractivity contribution in [1.29, 1.82) is 0 Å². The first-order valence-corrected chi connectivity index (χ1v) is 4.19. The van der Waals surface area contributed by atoms with Gasteiger partial charge in [0.05, 0.1) is 12.5 Å². The van der Waals surface area contributed by atoms with Crippen LogP contribution in [0.15, 0.2) is 0 Å². The Bertz CT molecular complexity index is 155. The molecule has 0 bridgehead atoms. The smallest absolute Gasteiger partial charge is 0.225 e. The maximum atomic E-state index is 11.3. The van der Waals surface area contributed by atoms with Gasteiger partial charge in [0, 0.05) is 26.7 Å². The number of rotatable bonds is 4. The number of carbonyl (C=O) groups is 1. The minimum Gasteiger partial charge on any atom is -0.383 e. The molecular weight excluding hydrogens is 156 g/mol. The molecule has 4 heteroatoms. The molecule has 1 aliphatic rings. The van der Waals surface area contributed by atoms with Gasteiger partial charge < -0.3 is 15.0 Å². The number of methoxy groups -OCH3 is 1. The van der Waals surface area contributed by atoms with E-state index in [2.05, 4.69) is 10.2 Å². The maximum Gasteiger partial charge on any atom is 0.225 e. The van der Waals surface area contributed by atoms with Crippen LogP contribution in [0.5, 0.6) is 0 Å². The summed E-state index contributed by atoms with van der Waals surface area (Å²) >= 11 is 0. The Morgan fingerprint density at radius 3 is 2.83 bits per heavy atom. The van der Waals surface area contributed by atoms with Gasteiger partial charge in [0.2, 0.25) is 5.91 Å². The number of hydrogen-bond acceptors (Lipinski definition) is 3. The molecule has 1 rings (SSSR count). The zero-order chi connectivity index (χ0) is 8.97. The third kappa shape index (κ3) is 2.46. The molecule has 1 aliphatic heterocycles. The molecule has 0 spiro atoms. The van der Waals surface area contributed by atoms with E-state index < -0.39 is 0 Å². The van der Waals surface area contributed by atoms with Crippen LogP contribution in [0.25, 0.3) is 0 Å². The van der Waals surface area contributed by atoms with Crippen molar-refractivity contribution in [3.05, 3.63) is 0 Å². The fourth-order valence-electron chi connectivity index (χ4n) is 1.29. The van der Waals surface area contributed by atoms with Crippen LogP contribution < -0.4 is 5.32 Å². The summed E-state index contributed by atoms with van der Waals surface area (Å²) in [5, 5.41) is 2.82. The van der Waals surface area contributed by atoms with Crippen molar-refractivity contribution in [2.24, 2.45) is 5.92 Å². The Hall–Kier alpha value is -0.610. The molecule has 70 valence electrons. The van der Waals surface area contributed by atoms with E-state index in [0.717, 1.165) is 13.1 Å². The number of amides is 1. The van der Waals surface area contributed by atoms with Gasteiger partial charge in [-0.3, -0.25) is 4.79 Å². The summed E-state index contributed by atoms with van der Waals surface area (Å²) in [4.78, 5) is 13.4. The van der Waals surface area contributed by atoms with E-state index in [1.54, 1.807) is 7.11 Å². The normalized spacial score (nSPS) is 18.8. The van der Waals surface area contributed by atoms with Gasteiger partial charge in [0.1, 0.15) is 0 Å². The molecule has 0 atom stereocenters. The molecule has 1 saturated heterocycles. The highest BCUT2D eigenvalue weighted by Crippen LogP contribution is 2.11. The molecule has 0 saturated carbocycles. The molecule has 0 radical (unpaired) electrons. The molecule has 0 aromatic heterocycles. The molecule has 1 heterocycles. The van der Waals surface area contributed by atoms with Gasteiger partial charge in [-0.25, -0.2) is 0 Å². The first-order chi connectivity index (χ1) is 5.74. The monoisotopic (exact) mass is 172 g/mol. The summed E-state index contributed by atoms with van der Waals surface area (Å²) in [6.07, 6.45) is 0. The van der Waals surface area contributed by atoms with Gasteiger partial charge in [-0.2, -0.15) is 0 Å². The maximum absolute atomic E-state index is 11.3. The average molecular weight is 172 g/mol. The van der Waals surface area contributed by atoms with E-state index >= 15 is 0 Å². The molecule has 1 N–H and O–H groups in total. The van der Waals surface area contributed by atoms with Crippen molar-refractivity contribution in [2.45, 2.75) is 0 Å². The Morgan fingerprint density at radius 1 is 1.67 bits per heavy atom. The Labute approximate surface area is 72.9 Å². The second kappa shape index (κ2) is 4.42. The largest absolute Gasteiger partial charge is 0.383 e. The molecule has 0 aromatic rings. The number of ether oxygens (including phenoxy) is 1. The Kier molecular flexibility index (Phi) is 3.49. The van der Waals surface area contributed by atoms with Crippen molar-refractivity contribution in [1.82, 2.24) is 10.2 Å². The van der Waals surface area contributed by atoms with E-state index in [-0.39, 0.29) is 11.8 Å². The van der Waals surface area contributed by atoms with Gasteiger partial charge in [-0.1, -0.05) is 0 Å². The summed E-state index contributed by atoms with van der Waals surface area (Å²) in [6, 6.07) is 0. The third-order valence-electron chi connectivity index (χ3n) is 2.04. The lowest BCUT2D eigenvalue weighted by Crippen LogP contribution is -2.51. The summed E-state index contributed by atoms with van der Waals surface area (Å²) in [5.41, 5.74) is 0.